The number of esters is 2. The lowest BCUT2D eigenvalue weighted by Gasteiger charge is -2.21. The molecule has 1 aromatic heterocycles. The van der Waals surface area contributed by atoms with Crippen molar-refractivity contribution in [3.63, 3.8) is 0 Å². The van der Waals surface area contributed by atoms with Crippen molar-refractivity contribution in [3.8, 4) is 0 Å². The number of carbonyl (C=O) groups is 3. The Morgan fingerprint density at radius 3 is 2.48 bits per heavy atom. The maximum absolute atomic E-state index is 11.9. The average Bonchev–Trinajstić information content (AvgIpc) is 2.81. The lowest BCUT2D eigenvalue weighted by molar-refractivity contribution is -0.155. The average molecular weight is 327 g/mol. The fraction of sp³-hybridized carbons (Fsp3) is 0.600. The Labute approximate surface area is 133 Å². The van der Waals surface area contributed by atoms with Crippen molar-refractivity contribution in [3.05, 3.63) is 17.5 Å². The lowest BCUT2D eigenvalue weighted by atomic mass is 9.97. The predicted molar refractivity (Wildman–Crippen MR) is 77.4 cm³/mol. The molecule has 23 heavy (non-hydrogen) atoms. The van der Waals surface area contributed by atoms with Gasteiger partial charge in [0.2, 0.25) is 0 Å². The van der Waals surface area contributed by atoms with Gasteiger partial charge in [0.1, 0.15) is 5.60 Å². The van der Waals surface area contributed by atoms with Crippen LogP contribution in [-0.4, -0.2) is 33.8 Å². The number of aromatic nitrogens is 1. The molecule has 1 heterocycles. The van der Waals surface area contributed by atoms with Gasteiger partial charge in [0.05, 0.1) is 18.5 Å². The number of carbonyl (C=O) groups excluding carboxylic acids is 2. The van der Waals surface area contributed by atoms with E-state index in [1.165, 1.54) is 13.0 Å². The lowest BCUT2D eigenvalue weighted by Crippen LogP contribution is -2.25. The van der Waals surface area contributed by atoms with Gasteiger partial charge in [-0.3, -0.25) is 14.4 Å². The Kier molecular flexibility index (Phi) is 6.29. The third-order valence-electron chi connectivity index (χ3n) is 2.67. The van der Waals surface area contributed by atoms with Crippen LogP contribution in [0.5, 0.6) is 0 Å². The largest absolute Gasteiger partial charge is 0.481 e. The first-order valence-corrected chi connectivity index (χ1v) is 7.09. The third-order valence-corrected chi connectivity index (χ3v) is 2.67. The second kappa shape index (κ2) is 7.75. The Hall–Kier alpha value is -2.38. The van der Waals surface area contributed by atoms with Crippen molar-refractivity contribution < 1.29 is 33.5 Å². The van der Waals surface area contributed by atoms with Gasteiger partial charge in [-0.1, -0.05) is 5.16 Å². The topological polar surface area (TPSA) is 116 Å². The summed E-state index contributed by atoms with van der Waals surface area (Å²) < 4.78 is 15.0. The van der Waals surface area contributed by atoms with E-state index in [1.54, 1.807) is 20.8 Å². The second-order valence-corrected chi connectivity index (χ2v) is 6.08. The second-order valence-electron chi connectivity index (χ2n) is 6.08. The molecule has 1 atom stereocenters. The highest BCUT2D eigenvalue weighted by molar-refractivity contribution is 5.73. The van der Waals surface area contributed by atoms with Crippen LogP contribution < -0.4 is 0 Å². The maximum Gasteiger partial charge on any atom is 0.307 e. The van der Waals surface area contributed by atoms with Crippen LogP contribution in [0.15, 0.2) is 10.6 Å². The summed E-state index contributed by atoms with van der Waals surface area (Å²) in [7, 11) is 0. The minimum absolute atomic E-state index is 0.103. The number of aliphatic carboxylic acids is 1. The van der Waals surface area contributed by atoms with Crippen molar-refractivity contribution in [1.29, 1.82) is 0 Å². The molecule has 0 saturated carbocycles. The zero-order valence-corrected chi connectivity index (χ0v) is 13.6. The zero-order valence-electron chi connectivity index (χ0n) is 13.6. The molecule has 0 spiro atoms. The quantitative estimate of drug-likeness (QED) is 0.756. The van der Waals surface area contributed by atoms with Crippen LogP contribution >= 0.6 is 0 Å². The number of carboxylic acid groups (broad SMARTS) is 1. The molecule has 0 aliphatic carbocycles. The molecule has 128 valence electrons. The molecule has 0 fully saturated rings. The van der Waals surface area contributed by atoms with Crippen LogP contribution in [0, 0.1) is 0 Å². The van der Waals surface area contributed by atoms with Gasteiger partial charge in [-0.25, -0.2) is 0 Å². The molecule has 0 radical (unpaired) electrons. The summed E-state index contributed by atoms with van der Waals surface area (Å²) in [6.45, 7) is 6.33. The first-order chi connectivity index (χ1) is 10.6. The fourth-order valence-corrected chi connectivity index (χ4v) is 1.84. The molecule has 1 N–H and O–H groups in total. The molecule has 0 aliphatic rings. The highest BCUT2D eigenvalue weighted by atomic mass is 16.6. The molecule has 0 bridgehead atoms. The van der Waals surface area contributed by atoms with Crippen molar-refractivity contribution in [2.24, 2.45) is 0 Å². The first kappa shape index (κ1) is 18.7. The van der Waals surface area contributed by atoms with Gasteiger partial charge in [-0.2, -0.15) is 0 Å². The van der Waals surface area contributed by atoms with Crippen molar-refractivity contribution >= 4 is 17.9 Å². The van der Waals surface area contributed by atoms with E-state index in [2.05, 4.69) is 5.16 Å². The van der Waals surface area contributed by atoms with Gasteiger partial charge < -0.3 is 19.1 Å². The number of ether oxygens (including phenoxy) is 2. The summed E-state index contributed by atoms with van der Waals surface area (Å²) >= 11 is 0. The van der Waals surface area contributed by atoms with Gasteiger partial charge in [0.25, 0.3) is 0 Å². The van der Waals surface area contributed by atoms with Crippen LogP contribution in [0.25, 0.3) is 0 Å². The van der Waals surface area contributed by atoms with Gasteiger partial charge in [0, 0.05) is 18.9 Å². The van der Waals surface area contributed by atoms with Crippen molar-refractivity contribution in [1.82, 2.24) is 5.16 Å². The Morgan fingerprint density at radius 1 is 1.30 bits per heavy atom. The molecule has 0 amide bonds. The van der Waals surface area contributed by atoms with E-state index in [4.69, 9.17) is 19.1 Å². The molecule has 1 rings (SSSR count). The summed E-state index contributed by atoms with van der Waals surface area (Å²) in [6, 6.07) is 1.47. The predicted octanol–water partition coefficient (Wildman–Crippen LogP) is 2.03. The van der Waals surface area contributed by atoms with Gasteiger partial charge in [0.15, 0.2) is 12.4 Å². The third kappa shape index (κ3) is 7.44. The summed E-state index contributed by atoms with van der Waals surface area (Å²) in [4.78, 5) is 33.7. The monoisotopic (exact) mass is 327 g/mol. The number of carboxylic acids is 1. The normalized spacial score (nSPS) is 12.5. The van der Waals surface area contributed by atoms with E-state index in [1.807, 2.05) is 0 Å². The standard InChI is InChI=1S/C15H21NO7/c1-9(17)21-8-11-7-12(16-23-11)10(5-13(18)19)6-14(20)22-15(2,3)4/h7,10H,5-6,8H2,1-4H3,(H,18,19)/t10-/m1/s1. The van der Waals surface area contributed by atoms with Gasteiger partial charge in [-0.05, 0) is 20.8 Å². The zero-order chi connectivity index (χ0) is 17.6. The minimum atomic E-state index is -1.07. The Morgan fingerprint density at radius 2 is 1.96 bits per heavy atom. The molecule has 0 aliphatic heterocycles. The van der Waals surface area contributed by atoms with E-state index < -0.39 is 29.4 Å². The highest BCUT2D eigenvalue weighted by Gasteiger charge is 2.26. The van der Waals surface area contributed by atoms with Gasteiger partial charge >= 0.3 is 17.9 Å². The Bertz CT molecular complexity index is 571. The summed E-state index contributed by atoms with van der Waals surface area (Å²) in [6.07, 6.45) is -0.429. The van der Waals surface area contributed by atoms with E-state index >= 15 is 0 Å². The van der Waals surface area contributed by atoms with Crippen LogP contribution in [0.3, 0.4) is 0 Å². The first-order valence-electron chi connectivity index (χ1n) is 7.09. The number of nitrogens with zero attached hydrogens (tertiary/aromatic N) is 1. The number of rotatable bonds is 7. The molecular formula is C15H21NO7. The van der Waals surface area contributed by atoms with E-state index in [-0.39, 0.29) is 25.2 Å². The molecular weight excluding hydrogens is 306 g/mol. The molecule has 0 saturated heterocycles. The number of hydrogen-bond acceptors (Lipinski definition) is 7. The van der Waals surface area contributed by atoms with Crippen molar-refractivity contribution in [2.45, 2.75) is 58.7 Å². The SMILES string of the molecule is CC(=O)OCc1cc([C@H](CC(=O)O)CC(=O)OC(C)(C)C)no1. The van der Waals surface area contributed by atoms with Crippen LogP contribution in [0.2, 0.25) is 0 Å². The minimum Gasteiger partial charge on any atom is -0.481 e. The summed E-state index contributed by atoms with van der Waals surface area (Å²) in [5, 5.41) is 12.8. The van der Waals surface area contributed by atoms with Crippen LogP contribution in [0.1, 0.15) is 57.9 Å². The fourth-order valence-electron chi connectivity index (χ4n) is 1.84. The maximum atomic E-state index is 11.9. The molecule has 0 unspecified atom stereocenters. The molecule has 1 aromatic rings. The van der Waals surface area contributed by atoms with E-state index in [0.717, 1.165) is 0 Å². The van der Waals surface area contributed by atoms with E-state index in [0.29, 0.717) is 5.69 Å². The molecule has 8 heteroatoms. The van der Waals surface area contributed by atoms with Crippen LogP contribution in [0.4, 0.5) is 0 Å². The smallest absolute Gasteiger partial charge is 0.307 e. The van der Waals surface area contributed by atoms with Gasteiger partial charge in [-0.15, -0.1) is 0 Å². The summed E-state index contributed by atoms with van der Waals surface area (Å²) in [5.74, 6) is -2.47. The van der Waals surface area contributed by atoms with E-state index in [9.17, 15) is 14.4 Å². The van der Waals surface area contributed by atoms with Crippen LogP contribution in [-0.2, 0) is 30.5 Å². The summed E-state index contributed by atoms with van der Waals surface area (Å²) in [5.41, 5.74) is -0.352. The molecule has 0 aromatic carbocycles. The number of hydrogen-bond donors (Lipinski definition) is 1. The van der Waals surface area contributed by atoms with Crippen molar-refractivity contribution in [2.75, 3.05) is 0 Å². The molecule has 8 nitrogen and oxygen atoms in total. The Balaban J connectivity index is 2.79. The highest BCUT2D eigenvalue weighted by Crippen LogP contribution is 2.25.